The van der Waals surface area contributed by atoms with Crippen molar-refractivity contribution in [3.8, 4) is 5.75 Å². The lowest BCUT2D eigenvalue weighted by molar-refractivity contribution is -0.137. The van der Waals surface area contributed by atoms with E-state index in [2.05, 4.69) is 16.1 Å². The summed E-state index contributed by atoms with van der Waals surface area (Å²) in [6, 6.07) is 6.03. The summed E-state index contributed by atoms with van der Waals surface area (Å²) in [5.41, 5.74) is -0.000603. The van der Waals surface area contributed by atoms with Crippen LogP contribution < -0.4 is 9.46 Å². The number of carbonyl (C=O) groups is 2. The van der Waals surface area contributed by atoms with E-state index in [0.717, 1.165) is 14.2 Å². The van der Waals surface area contributed by atoms with Crippen LogP contribution in [0.2, 0.25) is 0 Å². The highest BCUT2D eigenvalue weighted by atomic mass is 32.2. The molecule has 0 fully saturated rings. The molecular formula is C14H17NO8S. The number of rotatable bonds is 7. The molecular weight excluding hydrogens is 342 g/mol. The number of carbonyl (C=O) groups excluding carboxylic acids is 2. The summed E-state index contributed by atoms with van der Waals surface area (Å²) in [5, 5.41) is 0. The second-order valence-corrected chi connectivity index (χ2v) is 5.62. The van der Waals surface area contributed by atoms with Crippen molar-refractivity contribution in [2.24, 2.45) is 0 Å². The lowest BCUT2D eigenvalue weighted by Crippen LogP contribution is -2.33. The normalized spacial score (nSPS) is 12.0. The number of ether oxygens (including phenoxy) is 3. The third-order valence-corrected chi connectivity index (χ3v) is 3.66. The predicted octanol–water partition coefficient (Wildman–Crippen LogP) is 1.08. The topological polar surface area (TPSA) is 117 Å². The van der Waals surface area contributed by atoms with Crippen molar-refractivity contribution in [2.45, 2.75) is 6.10 Å². The van der Waals surface area contributed by atoms with Gasteiger partial charge in [0, 0.05) is 0 Å². The fraction of sp³-hybridized carbons (Fsp3) is 0.286. The molecule has 0 spiro atoms. The second kappa shape index (κ2) is 8.31. The van der Waals surface area contributed by atoms with Crippen molar-refractivity contribution < 1.29 is 36.4 Å². The van der Waals surface area contributed by atoms with E-state index in [-0.39, 0.29) is 11.1 Å². The van der Waals surface area contributed by atoms with E-state index in [4.69, 9.17) is 8.92 Å². The van der Waals surface area contributed by atoms with E-state index in [9.17, 15) is 18.0 Å². The molecule has 1 atom stereocenters. The van der Waals surface area contributed by atoms with Crippen LogP contribution in [-0.4, -0.2) is 41.8 Å². The van der Waals surface area contributed by atoms with Crippen LogP contribution in [0.4, 0.5) is 4.79 Å². The molecule has 0 aliphatic carbocycles. The Balaban J connectivity index is 3.16. The number of hydrogen-bond donors (Lipinski definition) is 1. The van der Waals surface area contributed by atoms with Crippen molar-refractivity contribution in [3.05, 3.63) is 42.0 Å². The van der Waals surface area contributed by atoms with Crippen LogP contribution in [-0.2, 0) is 28.8 Å². The van der Waals surface area contributed by atoms with E-state index in [0.29, 0.717) is 5.75 Å². The van der Waals surface area contributed by atoms with Gasteiger partial charge in [0.05, 0.1) is 26.9 Å². The van der Waals surface area contributed by atoms with Crippen molar-refractivity contribution >= 4 is 22.4 Å². The van der Waals surface area contributed by atoms with Gasteiger partial charge in [-0.25, -0.2) is 13.8 Å². The summed E-state index contributed by atoms with van der Waals surface area (Å²) in [6.07, 6.45) is -2.65. The number of hydrogen-bond acceptors (Lipinski definition) is 8. The molecule has 0 aliphatic rings. The first kappa shape index (κ1) is 19.5. The first-order valence-electron chi connectivity index (χ1n) is 6.44. The van der Waals surface area contributed by atoms with Crippen molar-refractivity contribution in [3.63, 3.8) is 0 Å². The standard InChI is InChI=1S/C14H17NO8S/c1-9(13(16)21-3)12(10-5-7-11(20-2)8-6-10)23-24(18,19)15-14(17)22-4/h5-8,12H,1H2,2-4H3,(H,15,17). The zero-order valence-electron chi connectivity index (χ0n) is 13.3. The maximum Gasteiger partial charge on any atom is 0.422 e. The molecule has 1 aromatic rings. The van der Waals surface area contributed by atoms with Gasteiger partial charge in [-0.05, 0) is 17.7 Å². The van der Waals surface area contributed by atoms with Crippen LogP contribution in [0.3, 0.4) is 0 Å². The third kappa shape index (κ3) is 5.25. The van der Waals surface area contributed by atoms with Crippen molar-refractivity contribution in [1.29, 1.82) is 0 Å². The molecule has 0 saturated carbocycles. The molecule has 0 bridgehead atoms. The Kier molecular flexibility index (Phi) is 6.74. The Morgan fingerprint density at radius 2 is 1.67 bits per heavy atom. The Morgan fingerprint density at radius 3 is 2.12 bits per heavy atom. The maximum atomic E-state index is 11.9. The molecule has 132 valence electrons. The number of esters is 1. The molecule has 0 aliphatic heterocycles. The molecule has 1 N–H and O–H groups in total. The first-order valence-corrected chi connectivity index (χ1v) is 7.85. The summed E-state index contributed by atoms with van der Waals surface area (Å²) >= 11 is 0. The van der Waals surface area contributed by atoms with Crippen LogP contribution >= 0.6 is 0 Å². The maximum absolute atomic E-state index is 11.9. The number of methoxy groups -OCH3 is 3. The Morgan fingerprint density at radius 1 is 1.08 bits per heavy atom. The molecule has 0 saturated heterocycles. The zero-order chi connectivity index (χ0) is 18.3. The molecule has 1 aromatic carbocycles. The quantitative estimate of drug-likeness (QED) is 0.568. The van der Waals surface area contributed by atoms with Crippen LogP contribution in [0.25, 0.3) is 0 Å². The molecule has 1 amide bonds. The van der Waals surface area contributed by atoms with Gasteiger partial charge in [0.2, 0.25) is 0 Å². The average molecular weight is 359 g/mol. The first-order chi connectivity index (χ1) is 11.2. The fourth-order valence-corrected chi connectivity index (χ4v) is 2.44. The number of nitrogens with one attached hydrogen (secondary N) is 1. The zero-order valence-corrected chi connectivity index (χ0v) is 14.1. The molecule has 10 heteroatoms. The lowest BCUT2D eigenvalue weighted by atomic mass is 10.0. The molecule has 1 rings (SSSR count). The highest BCUT2D eigenvalue weighted by Gasteiger charge is 2.29. The molecule has 1 unspecified atom stereocenters. The third-order valence-electron chi connectivity index (χ3n) is 2.80. The van der Waals surface area contributed by atoms with Gasteiger partial charge in [0.15, 0.2) is 0 Å². The molecule has 0 heterocycles. The Labute approximate surface area is 139 Å². The molecule has 24 heavy (non-hydrogen) atoms. The minimum Gasteiger partial charge on any atom is -0.497 e. The monoisotopic (exact) mass is 359 g/mol. The largest absolute Gasteiger partial charge is 0.497 e. The van der Waals surface area contributed by atoms with E-state index < -0.39 is 28.5 Å². The number of amides is 1. The van der Waals surface area contributed by atoms with E-state index in [1.54, 1.807) is 0 Å². The molecule has 0 radical (unpaired) electrons. The van der Waals surface area contributed by atoms with Gasteiger partial charge in [-0.15, -0.1) is 0 Å². The Hall–Kier alpha value is -2.59. The lowest BCUT2D eigenvalue weighted by Gasteiger charge is -2.19. The second-order valence-electron chi connectivity index (χ2n) is 4.31. The van der Waals surface area contributed by atoms with Gasteiger partial charge >= 0.3 is 22.4 Å². The molecule has 9 nitrogen and oxygen atoms in total. The Bertz CT molecular complexity index is 711. The van der Waals surface area contributed by atoms with Crippen LogP contribution in [0, 0.1) is 0 Å². The summed E-state index contributed by atoms with van der Waals surface area (Å²) in [7, 11) is -1.01. The van der Waals surface area contributed by atoms with Gasteiger partial charge in [-0.1, -0.05) is 18.7 Å². The minimum atomic E-state index is -4.57. The van der Waals surface area contributed by atoms with Gasteiger partial charge in [-0.2, -0.15) is 13.1 Å². The van der Waals surface area contributed by atoms with E-state index in [1.807, 2.05) is 0 Å². The fourth-order valence-electron chi connectivity index (χ4n) is 1.63. The van der Waals surface area contributed by atoms with Crippen LogP contribution in [0.1, 0.15) is 11.7 Å². The van der Waals surface area contributed by atoms with Gasteiger partial charge in [0.1, 0.15) is 11.9 Å². The van der Waals surface area contributed by atoms with Crippen LogP contribution in [0.5, 0.6) is 5.75 Å². The van der Waals surface area contributed by atoms with Crippen molar-refractivity contribution in [1.82, 2.24) is 4.72 Å². The van der Waals surface area contributed by atoms with E-state index >= 15 is 0 Å². The summed E-state index contributed by atoms with van der Waals surface area (Å²) in [6.45, 7) is 3.49. The van der Waals surface area contributed by atoms with E-state index in [1.165, 1.54) is 36.1 Å². The van der Waals surface area contributed by atoms with Gasteiger partial charge in [-0.3, -0.25) is 0 Å². The van der Waals surface area contributed by atoms with Gasteiger partial charge in [0.25, 0.3) is 0 Å². The highest BCUT2D eigenvalue weighted by Crippen LogP contribution is 2.28. The summed E-state index contributed by atoms with van der Waals surface area (Å²) in [4.78, 5) is 22.7. The molecule has 0 aromatic heterocycles. The summed E-state index contributed by atoms with van der Waals surface area (Å²) in [5.74, 6) is -0.360. The SMILES string of the molecule is C=C(C(=O)OC)C(OS(=O)(=O)NC(=O)OC)c1ccc(OC)cc1. The van der Waals surface area contributed by atoms with Crippen molar-refractivity contribution in [2.75, 3.05) is 21.3 Å². The smallest absolute Gasteiger partial charge is 0.422 e. The van der Waals surface area contributed by atoms with Gasteiger partial charge < -0.3 is 14.2 Å². The predicted molar refractivity (Wildman–Crippen MR) is 82.4 cm³/mol. The average Bonchev–Trinajstić information content (AvgIpc) is 2.58. The number of benzene rings is 1. The van der Waals surface area contributed by atoms with Crippen LogP contribution in [0.15, 0.2) is 36.4 Å². The minimum absolute atomic E-state index is 0.279. The highest BCUT2D eigenvalue weighted by molar-refractivity contribution is 7.85. The summed E-state index contributed by atoms with van der Waals surface area (Å²) < 4.78 is 43.8.